The second-order valence-corrected chi connectivity index (χ2v) is 7.21. The van der Waals surface area contributed by atoms with Crippen molar-refractivity contribution in [2.24, 2.45) is 5.92 Å². The predicted molar refractivity (Wildman–Crippen MR) is 107 cm³/mol. The van der Waals surface area contributed by atoms with Crippen molar-refractivity contribution in [1.82, 2.24) is 10.3 Å². The van der Waals surface area contributed by atoms with Crippen LogP contribution in [-0.2, 0) is 0 Å². The fourth-order valence-corrected chi connectivity index (χ4v) is 3.00. The molecule has 6 nitrogen and oxygen atoms in total. The van der Waals surface area contributed by atoms with Crippen LogP contribution < -0.4 is 15.5 Å². The Morgan fingerprint density at radius 3 is 2.26 bits per heavy atom. The molecule has 3 rings (SSSR count). The van der Waals surface area contributed by atoms with E-state index in [0.29, 0.717) is 18.2 Å². The van der Waals surface area contributed by atoms with Crippen molar-refractivity contribution in [2.75, 3.05) is 29.9 Å². The molecule has 1 aliphatic heterocycles. The van der Waals surface area contributed by atoms with Gasteiger partial charge >= 0.3 is 0 Å². The zero-order valence-corrected chi connectivity index (χ0v) is 15.9. The van der Waals surface area contributed by atoms with E-state index < -0.39 is 0 Å². The Balaban J connectivity index is 1.63. The van der Waals surface area contributed by atoms with E-state index in [1.54, 1.807) is 18.2 Å². The number of hydrogen-bond donors (Lipinski definition) is 2. The van der Waals surface area contributed by atoms with Crippen LogP contribution in [0.1, 0.15) is 47.7 Å². The van der Waals surface area contributed by atoms with E-state index in [9.17, 15) is 9.59 Å². The highest BCUT2D eigenvalue weighted by molar-refractivity contribution is 6.03. The van der Waals surface area contributed by atoms with Crippen molar-refractivity contribution in [2.45, 2.75) is 26.7 Å². The van der Waals surface area contributed by atoms with E-state index in [2.05, 4.69) is 20.5 Å². The number of hydrogen-bond acceptors (Lipinski definition) is 4. The number of nitrogens with one attached hydrogen (secondary N) is 2. The minimum Gasteiger partial charge on any atom is -0.372 e. The summed E-state index contributed by atoms with van der Waals surface area (Å²) in [5, 5.41) is 5.65. The van der Waals surface area contributed by atoms with E-state index in [0.717, 1.165) is 13.1 Å². The summed E-state index contributed by atoms with van der Waals surface area (Å²) in [4.78, 5) is 31.2. The third-order valence-electron chi connectivity index (χ3n) is 4.48. The minimum atomic E-state index is -0.331. The molecule has 0 spiro atoms. The molecule has 0 aliphatic carbocycles. The molecule has 27 heavy (non-hydrogen) atoms. The number of carbonyl (C=O) groups excluding carboxylic acids is 2. The number of rotatable bonds is 6. The molecule has 1 fully saturated rings. The van der Waals surface area contributed by atoms with Crippen LogP contribution in [0.5, 0.6) is 0 Å². The topological polar surface area (TPSA) is 74.3 Å². The van der Waals surface area contributed by atoms with Crippen LogP contribution in [0.4, 0.5) is 11.4 Å². The van der Waals surface area contributed by atoms with Crippen LogP contribution in [-0.4, -0.2) is 36.4 Å². The average Bonchev–Trinajstić information content (AvgIpc) is 3.21. The fourth-order valence-electron chi connectivity index (χ4n) is 3.00. The summed E-state index contributed by atoms with van der Waals surface area (Å²) in [7, 11) is 0. The molecule has 6 heteroatoms. The molecule has 0 unspecified atom stereocenters. The van der Waals surface area contributed by atoms with E-state index in [1.807, 2.05) is 38.1 Å². The molecular weight excluding hydrogens is 340 g/mol. The summed E-state index contributed by atoms with van der Waals surface area (Å²) < 4.78 is 0. The van der Waals surface area contributed by atoms with Crippen molar-refractivity contribution in [3.05, 3.63) is 53.9 Å². The lowest BCUT2D eigenvalue weighted by molar-refractivity contribution is 0.0944. The van der Waals surface area contributed by atoms with Crippen molar-refractivity contribution in [3.8, 4) is 0 Å². The standard InChI is InChI=1S/C21H26N4O2/c1-15(2)14-22-20(26)18-6-5-7-19(24-18)21(27)23-16-8-10-17(11-9-16)25-12-3-4-13-25/h5-11,15H,3-4,12-14H2,1-2H3,(H,22,26)(H,23,27). The summed E-state index contributed by atoms with van der Waals surface area (Å²) in [5.41, 5.74) is 2.34. The predicted octanol–water partition coefficient (Wildman–Crippen LogP) is 3.32. The highest BCUT2D eigenvalue weighted by Crippen LogP contribution is 2.22. The number of pyridine rings is 1. The number of carbonyl (C=O) groups is 2. The first-order chi connectivity index (χ1) is 13.0. The highest BCUT2D eigenvalue weighted by Gasteiger charge is 2.14. The average molecular weight is 366 g/mol. The lowest BCUT2D eigenvalue weighted by Gasteiger charge is -2.17. The van der Waals surface area contributed by atoms with Gasteiger partial charge in [0.05, 0.1) is 0 Å². The van der Waals surface area contributed by atoms with Crippen LogP contribution in [0.25, 0.3) is 0 Å². The van der Waals surface area contributed by atoms with Gasteiger partial charge < -0.3 is 15.5 Å². The Morgan fingerprint density at radius 2 is 1.63 bits per heavy atom. The zero-order chi connectivity index (χ0) is 19.2. The summed E-state index contributed by atoms with van der Waals surface area (Å²) >= 11 is 0. The summed E-state index contributed by atoms with van der Waals surface area (Å²) in [6, 6.07) is 12.7. The summed E-state index contributed by atoms with van der Waals surface area (Å²) in [6.07, 6.45) is 2.45. The monoisotopic (exact) mass is 366 g/mol. The fraction of sp³-hybridized carbons (Fsp3) is 0.381. The Labute approximate surface area is 160 Å². The maximum absolute atomic E-state index is 12.5. The molecule has 2 N–H and O–H groups in total. The van der Waals surface area contributed by atoms with Crippen molar-refractivity contribution < 1.29 is 9.59 Å². The van der Waals surface area contributed by atoms with Crippen molar-refractivity contribution in [3.63, 3.8) is 0 Å². The summed E-state index contributed by atoms with van der Waals surface area (Å²) in [6.45, 7) is 6.78. The molecule has 0 bridgehead atoms. The molecule has 2 heterocycles. The van der Waals surface area contributed by atoms with Crippen LogP contribution in [0.3, 0.4) is 0 Å². The van der Waals surface area contributed by atoms with Crippen molar-refractivity contribution >= 4 is 23.2 Å². The molecule has 1 aliphatic rings. The first-order valence-electron chi connectivity index (χ1n) is 9.44. The quantitative estimate of drug-likeness (QED) is 0.822. The molecular formula is C21H26N4O2. The lowest BCUT2D eigenvalue weighted by atomic mass is 10.2. The maximum atomic E-state index is 12.5. The molecule has 0 radical (unpaired) electrons. The number of amides is 2. The molecule has 1 aromatic carbocycles. The van der Waals surface area contributed by atoms with Gasteiger partial charge in [0, 0.05) is 31.0 Å². The molecule has 1 aromatic heterocycles. The third-order valence-corrected chi connectivity index (χ3v) is 4.48. The summed E-state index contributed by atoms with van der Waals surface area (Å²) in [5.74, 6) is -0.250. The van der Waals surface area contributed by atoms with E-state index in [4.69, 9.17) is 0 Å². The third kappa shape index (κ3) is 5.06. The van der Waals surface area contributed by atoms with Crippen LogP contribution in [0, 0.1) is 5.92 Å². The molecule has 0 atom stereocenters. The smallest absolute Gasteiger partial charge is 0.274 e. The number of anilines is 2. The largest absolute Gasteiger partial charge is 0.372 e. The van der Waals surface area contributed by atoms with Crippen LogP contribution in [0.2, 0.25) is 0 Å². The maximum Gasteiger partial charge on any atom is 0.274 e. The van der Waals surface area contributed by atoms with E-state index in [1.165, 1.54) is 18.5 Å². The van der Waals surface area contributed by atoms with Gasteiger partial charge in [-0.1, -0.05) is 19.9 Å². The van der Waals surface area contributed by atoms with Gasteiger partial charge in [0.15, 0.2) is 0 Å². The minimum absolute atomic E-state index is 0.218. The molecule has 2 aromatic rings. The van der Waals surface area contributed by atoms with Crippen LogP contribution >= 0.6 is 0 Å². The van der Waals surface area contributed by atoms with Gasteiger partial charge in [-0.2, -0.15) is 0 Å². The Bertz CT molecular complexity index is 796. The van der Waals surface area contributed by atoms with Gasteiger partial charge in [-0.25, -0.2) is 4.98 Å². The number of benzene rings is 1. The van der Waals surface area contributed by atoms with Gasteiger partial charge in [0.2, 0.25) is 0 Å². The van der Waals surface area contributed by atoms with Gasteiger partial charge in [0.25, 0.3) is 11.8 Å². The van der Waals surface area contributed by atoms with E-state index in [-0.39, 0.29) is 23.2 Å². The molecule has 0 saturated carbocycles. The lowest BCUT2D eigenvalue weighted by Crippen LogP contribution is -2.28. The Hall–Kier alpha value is -2.89. The normalized spacial score (nSPS) is 13.7. The van der Waals surface area contributed by atoms with Crippen LogP contribution in [0.15, 0.2) is 42.5 Å². The van der Waals surface area contributed by atoms with Gasteiger partial charge in [-0.3, -0.25) is 9.59 Å². The van der Waals surface area contributed by atoms with Gasteiger partial charge in [-0.15, -0.1) is 0 Å². The zero-order valence-electron chi connectivity index (χ0n) is 15.9. The van der Waals surface area contributed by atoms with Gasteiger partial charge in [-0.05, 0) is 55.2 Å². The first-order valence-corrected chi connectivity index (χ1v) is 9.44. The highest BCUT2D eigenvalue weighted by atomic mass is 16.2. The SMILES string of the molecule is CC(C)CNC(=O)c1cccc(C(=O)Nc2ccc(N3CCCC3)cc2)n1. The second-order valence-electron chi connectivity index (χ2n) is 7.21. The molecule has 1 saturated heterocycles. The molecule has 2 amide bonds. The number of aromatic nitrogens is 1. The second kappa shape index (κ2) is 8.66. The molecule has 142 valence electrons. The first kappa shape index (κ1) is 18.9. The van der Waals surface area contributed by atoms with Gasteiger partial charge in [0.1, 0.15) is 11.4 Å². The van der Waals surface area contributed by atoms with Crippen molar-refractivity contribution in [1.29, 1.82) is 0 Å². The Morgan fingerprint density at radius 1 is 1.00 bits per heavy atom. The Kier molecular flexibility index (Phi) is 6.06. The number of nitrogens with zero attached hydrogens (tertiary/aromatic N) is 2. The van der Waals surface area contributed by atoms with E-state index >= 15 is 0 Å².